The van der Waals surface area contributed by atoms with E-state index in [1.54, 1.807) is 18.2 Å². The van der Waals surface area contributed by atoms with E-state index in [0.717, 1.165) is 5.56 Å². The predicted octanol–water partition coefficient (Wildman–Crippen LogP) is 3.24. The van der Waals surface area contributed by atoms with Crippen molar-refractivity contribution in [3.63, 3.8) is 0 Å². The van der Waals surface area contributed by atoms with Gasteiger partial charge >= 0.3 is 11.6 Å². The van der Waals surface area contributed by atoms with Gasteiger partial charge in [-0.2, -0.15) is 4.79 Å². The van der Waals surface area contributed by atoms with E-state index in [0.29, 0.717) is 10.2 Å². The summed E-state index contributed by atoms with van der Waals surface area (Å²) in [6, 6.07) is 16.5. The summed E-state index contributed by atoms with van der Waals surface area (Å²) in [4.78, 5) is 28.5. The highest BCUT2D eigenvalue weighted by atomic mass is 79.9. The summed E-state index contributed by atoms with van der Waals surface area (Å²) in [5.74, 6) is -1.25. The number of anilines is 1. The van der Waals surface area contributed by atoms with Crippen LogP contribution in [0.15, 0.2) is 59.1 Å². The first-order valence-electron chi connectivity index (χ1n) is 6.88. The first-order valence-corrected chi connectivity index (χ1v) is 7.67. The van der Waals surface area contributed by atoms with Gasteiger partial charge in [0.25, 0.3) is 0 Å². The van der Waals surface area contributed by atoms with Crippen LogP contribution in [0.3, 0.4) is 0 Å². The van der Waals surface area contributed by atoms with Crippen LogP contribution in [0, 0.1) is 0 Å². The Kier molecular flexibility index (Phi) is 5.57. The monoisotopic (exact) mass is 371 g/mol. The number of rotatable bonds is 5. The second-order valence-electron chi connectivity index (χ2n) is 4.83. The number of Topliss-reactive ketones (excluding diaryl/α,β-unsaturated/α-hetero) is 1. The van der Waals surface area contributed by atoms with E-state index < -0.39 is 17.4 Å². The minimum absolute atomic E-state index is 0.245. The number of halogens is 1. The maximum Gasteiger partial charge on any atom is 0.421 e. The molecule has 1 amide bonds. The van der Waals surface area contributed by atoms with Gasteiger partial charge in [0, 0.05) is 11.4 Å². The SMILES string of the molecule is CC(=O)C(=[N+]=[N-])C(=O)N(Cc1ccccc1)c1ccccc1Br. The number of ketones is 1. The fourth-order valence-corrected chi connectivity index (χ4v) is 2.59. The zero-order valence-electron chi connectivity index (χ0n) is 12.4. The molecule has 0 aliphatic carbocycles. The number of nitrogens with zero attached hydrogens (tertiary/aromatic N) is 3. The molecule has 0 atom stereocenters. The molecule has 0 spiro atoms. The topological polar surface area (TPSA) is 73.8 Å². The van der Waals surface area contributed by atoms with Crippen LogP contribution >= 0.6 is 15.9 Å². The number of benzene rings is 2. The number of carbonyl (C=O) groups excluding carboxylic acids is 2. The number of amides is 1. The predicted molar refractivity (Wildman–Crippen MR) is 91.1 cm³/mol. The van der Waals surface area contributed by atoms with Gasteiger partial charge in [-0.25, -0.2) is 0 Å². The molecular weight excluding hydrogens is 358 g/mol. The Morgan fingerprint density at radius 1 is 1.09 bits per heavy atom. The number of hydrogen-bond acceptors (Lipinski definition) is 2. The molecule has 5 nitrogen and oxygen atoms in total. The lowest BCUT2D eigenvalue weighted by Gasteiger charge is -2.22. The molecule has 0 radical (unpaired) electrons. The van der Waals surface area contributed by atoms with Gasteiger partial charge in [-0.15, -0.1) is 0 Å². The van der Waals surface area contributed by atoms with Gasteiger partial charge in [0.2, 0.25) is 5.78 Å². The molecule has 2 aromatic rings. The van der Waals surface area contributed by atoms with E-state index in [4.69, 9.17) is 5.53 Å². The molecule has 0 aliphatic rings. The third-order valence-corrected chi connectivity index (χ3v) is 3.88. The van der Waals surface area contributed by atoms with Crippen molar-refractivity contribution < 1.29 is 14.4 Å². The van der Waals surface area contributed by atoms with Gasteiger partial charge in [-0.05, 0) is 33.6 Å². The smallest absolute Gasteiger partial charge is 0.360 e. The van der Waals surface area contributed by atoms with Crippen LogP contribution in [0.4, 0.5) is 5.69 Å². The Labute approximate surface area is 142 Å². The quantitative estimate of drug-likeness (QED) is 0.350. The summed E-state index contributed by atoms with van der Waals surface area (Å²) >= 11 is 3.41. The zero-order chi connectivity index (χ0) is 16.8. The maximum atomic E-state index is 12.7. The molecule has 23 heavy (non-hydrogen) atoms. The molecular formula is C17H14BrN3O2. The second-order valence-corrected chi connectivity index (χ2v) is 5.69. The molecule has 0 unspecified atom stereocenters. The van der Waals surface area contributed by atoms with Crippen molar-refractivity contribution in [2.75, 3.05) is 4.90 Å². The molecule has 116 valence electrons. The van der Waals surface area contributed by atoms with Crippen molar-refractivity contribution in [2.45, 2.75) is 13.5 Å². The molecule has 0 saturated carbocycles. The Morgan fingerprint density at radius 2 is 1.70 bits per heavy atom. The maximum absolute atomic E-state index is 12.7. The summed E-state index contributed by atoms with van der Waals surface area (Å²) in [5, 5.41) is 0. The normalized spacial score (nSPS) is 9.83. The molecule has 0 aliphatic heterocycles. The van der Waals surface area contributed by atoms with E-state index in [1.165, 1.54) is 11.8 Å². The van der Waals surface area contributed by atoms with Gasteiger partial charge in [-0.1, -0.05) is 42.5 Å². The van der Waals surface area contributed by atoms with E-state index >= 15 is 0 Å². The molecule has 0 fully saturated rings. The van der Waals surface area contributed by atoms with Crippen LogP contribution in [-0.4, -0.2) is 22.2 Å². The lowest BCUT2D eigenvalue weighted by molar-refractivity contribution is -0.123. The molecule has 0 N–H and O–H groups in total. The van der Waals surface area contributed by atoms with Gasteiger partial charge in [0.1, 0.15) is 0 Å². The Balaban J connectivity index is 2.48. The van der Waals surface area contributed by atoms with Crippen molar-refractivity contribution >= 4 is 39.0 Å². The van der Waals surface area contributed by atoms with Crippen molar-refractivity contribution in [3.8, 4) is 0 Å². The first kappa shape index (κ1) is 16.8. The van der Waals surface area contributed by atoms with Crippen LogP contribution in [0.2, 0.25) is 0 Å². The number of para-hydroxylation sites is 1. The molecule has 2 aromatic carbocycles. The average molecular weight is 372 g/mol. The van der Waals surface area contributed by atoms with Gasteiger partial charge in [-0.3, -0.25) is 14.5 Å². The van der Waals surface area contributed by atoms with Crippen LogP contribution in [0.1, 0.15) is 12.5 Å². The molecule has 0 heterocycles. The van der Waals surface area contributed by atoms with Crippen LogP contribution in [0.5, 0.6) is 0 Å². The van der Waals surface area contributed by atoms with Gasteiger partial charge in [0.05, 0.1) is 12.2 Å². The second kappa shape index (κ2) is 7.63. The standard InChI is InChI=1S/C17H14BrN3O2/c1-12(22)16(20-19)17(23)21(11-13-7-3-2-4-8-13)15-10-6-5-9-14(15)18/h2-10H,11H2,1H3. The van der Waals surface area contributed by atoms with Crippen LogP contribution in [-0.2, 0) is 16.1 Å². The third-order valence-electron chi connectivity index (χ3n) is 3.21. The van der Waals surface area contributed by atoms with Crippen molar-refractivity contribution in [3.05, 3.63) is 70.2 Å². The van der Waals surface area contributed by atoms with Crippen LogP contribution in [0.25, 0.3) is 5.53 Å². The van der Waals surface area contributed by atoms with Crippen molar-refractivity contribution in [2.24, 2.45) is 0 Å². The van der Waals surface area contributed by atoms with E-state index in [2.05, 4.69) is 20.7 Å². The zero-order valence-corrected chi connectivity index (χ0v) is 14.0. The lowest BCUT2D eigenvalue weighted by Crippen LogP contribution is -2.39. The Hall–Kier alpha value is -2.56. The summed E-state index contributed by atoms with van der Waals surface area (Å²) < 4.78 is 0.699. The molecule has 2 rings (SSSR count). The summed E-state index contributed by atoms with van der Waals surface area (Å²) in [6.07, 6.45) is 0. The van der Waals surface area contributed by atoms with Crippen LogP contribution < -0.4 is 4.90 Å². The highest BCUT2D eigenvalue weighted by molar-refractivity contribution is 9.10. The fourth-order valence-electron chi connectivity index (χ4n) is 2.09. The minimum Gasteiger partial charge on any atom is -0.360 e. The lowest BCUT2D eigenvalue weighted by atomic mass is 10.1. The fraction of sp³-hybridized carbons (Fsp3) is 0.118. The average Bonchev–Trinajstić information content (AvgIpc) is 2.54. The Morgan fingerprint density at radius 3 is 2.26 bits per heavy atom. The Bertz CT molecular complexity index is 783. The molecule has 0 bridgehead atoms. The third kappa shape index (κ3) is 4.00. The van der Waals surface area contributed by atoms with Crippen molar-refractivity contribution in [1.29, 1.82) is 0 Å². The largest absolute Gasteiger partial charge is 0.421 e. The van der Waals surface area contributed by atoms with E-state index in [9.17, 15) is 9.59 Å². The van der Waals surface area contributed by atoms with Crippen molar-refractivity contribution in [1.82, 2.24) is 0 Å². The summed E-state index contributed by atoms with van der Waals surface area (Å²) in [7, 11) is 0. The summed E-state index contributed by atoms with van der Waals surface area (Å²) in [6.45, 7) is 1.43. The molecule has 0 aromatic heterocycles. The highest BCUT2D eigenvalue weighted by Crippen LogP contribution is 2.27. The molecule has 6 heteroatoms. The molecule has 0 saturated heterocycles. The number of carbonyl (C=O) groups is 2. The minimum atomic E-state index is -0.657. The number of hydrogen-bond donors (Lipinski definition) is 0. The summed E-state index contributed by atoms with van der Waals surface area (Å²) in [5.41, 5.74) is 9.98. The highest BCUT2D eigenvalue weighted by Gasteiger charge is 2.32. The van der Waals surface area contributed by atoms with Gasteiger partial charge in [0.15, 0.2) is 0 Å². The van der Waals surface area contributed by atoms with E-state index in [1.807, 2.05) is 36.4 Å². The van der Waals surface area contributed by atoms with Gasteiger partial charge < -0.3 is 5.53 Å². The van der Waals surface area contributed by atoms with E-state index in [-0.39, 0.29) is 6.54 Å². The first-order chi connectivity index (χ1) is 11.0.